The number of nitrogens with one attached hydrogen (secondary N) is 2. The fourth-order valence-corrected chi connectivity index (χ4v) is 3.12. The minimum absolute atomic E-state index is 0.629. The van der Waals surface area contributed by atoms with Crippen molar-refractivity contribution in [3.63, 3.8) is 0 Å². The van der Waals surface area contributed by atoms with E-state index in [0.29, 0.717) is 6.54 Å². The largest absolute Gasteiger partial charge is 0.383 e. The van der Waals surface area contributed by atoms with E-state index in [2.05, 4.69) is 58.2 Å². The smallest absolute Gasteiger partial charge is 0.0931 e. The molecule has 2 aromatic carbocycles. The van der Waals surface area contributed by atoms with Gasteiger partial charge in [-0.2, -0.15) is 0 Å². The lowest BCUT2D eigenvalue weighted by molar-refractivity contribution is 0.199. The number of hydrogen-bond donors (Lipinski definition) is 2. The number of rotatable bonds is 8. The van der Waals surface area contributed by atoms with Gasteiger partial charge in [0, 0.05) is 43.3 Å². The number of nitrogens with zero attached hydrogens (tertiary/aromatic N) is 1. The SMILES string of the molecule is CCn1c(C#CCNc2ccccc2)cc2cc(CNCCOC)ccc21. The molecule has 3 rings (SSSR count). The fraction of sp³-hybridized carbons (Fsp3) is 0.304. The summed E-state index contributed by atoms with van der Waals surface area (Å²) in [6.45, 7) is 6.13. The van der Waals surface area contributed by atoms with Gasteiger partial charge in [0.25, 0.3) is 0 Å². The molecule has 27 heavy (non-hydrogen) atoms. The highest BCUT2D eigenvalue weighted by atomic mass is 16.5. The quantitative estimate of drug-likeness (QED) is 0.473. The molecule has 0 fully saturated rings. The van der Waals surface area contributed by atoms with Crippen LogP contribution >= 0.6 is 0 Å². The van der Waals surface area contributed by atoms with Gasteiger partial charge < -0.3 is 19.9 Å². The summed E-state index contributed by atoms with van der Waals surface area (Å²) in [5, 5.41) is 7.96. The molecule has 0 saturated heterocycles. The van der Waals surface area contributed by atoms with Gasteiger partial charge in [0.05, 0.1) is 18.8 Å². The zero-order valence-electron chi connectivity index (χ0n) is 16.1. The monoisotopic (exact) mass is 361 g/mol. The number of para-hydroxylation sites is 1. The standard InChI is InChI=1S/C23H27N3O/c1-3-26-22(10-7-13-25-21-8-5-4-6-9-21)17-20-16-19(11-12-23(20)26)18-24-14-15-27-2/h4-6,8-9,11-12,16-17,24-25H,3,13-15,18H2,1-2H3. The second-order valence-electron chi connectivity index (χ2n) is 6.36. The molecule has 0 atom stereocenters. The summed E-state index contributed by atoms with van der Waals surface area (Å²) in [6.07, 6.45) is 0. The Hall–Kier alpha value is -2.74. The van der Waals surface area contributed by atoms with Crippen LogP contribution in [-0.2, 0) is 17.8 Å². The first-order valence-corrected chi connectivity index (χ1v) is 9.41. The zero-order valence-corrected chi connectivity index (χ0v) is 16.1. The van der Waals surface area contributed by atoms with E-state index >= 15 is 0 Å². The van der Waals surface area contributed by atoms with Gasteiger partial charge in [-0.05, 0) is 48.7 Å². The molecule has 0 unspecified atom stereocenters. The molecule has 0 aliphatic carbocycles. The van der Waals surface area contributed by atoms with Crippen molar-refractivity contribution in [3.05, 3.63) is 65.9 Å². The molecule has 0 aliphatic heterocycles. The number of hydrogen-bond acceptors (Lipinski definition) is 3. The van der Waals surface area contributed by atoms with Gasteiger partial charge in [-0.15, -0.1) is 0 Å². The van der Waals surface area contributed by atoms with E-state index in [1.54, 1.807) is 7.11 Å². The first-order chi connectivity index (χ1) is 13.3. The maximum Gasteiger partial charge on any atom is 0.0931 e. The summed E-state index contributed by atoms with van der Waals surface area (Å²) in [7, 11) is 1.72. The fourth-order valence-electron chi connectivity index (χ4n) is 3.12. The summed E-state index contributed by atoms with van der Waals surface area (Å²) in [5.74, 6) is 6.56. The number of benzene rings is 2. The first kappa shape index (κ1) is 19.0. The van der Waals surface area contributed by atoms with E-state index in [4.69, 9.17) is 4.74 Å². The lowest BCUT2D eigenvalue weighted by Crippen LogP contribution is -2.18. The van der Waals surface area contributed by atoms with Crippen molar-refractivity contribution in [3.8, 4) is 11.8 Å². The molecule has 1 aromatic heterocycles. The van der Waals surface area contributed by atoms with Gasteiger partial charge >= 0.3 is 0 Å². The molecule has 0 bridgehead atoms. The van der Waals surface area contributed by atoms with Crippen LogP contribution in [0.3, 0.4) is 0 Å². The molecular weight excluding hydrogens is 334 g/mol. The molecule has 0 aliphatic rings. The van der Waals surface area contributed by atoms with Crippen LogP contribution in [-0.4, -0.2) is 31.4 Å². The highest BCUT2D eigenvalue weighted by molar-refractivity contribution is 5.83. The molecule has 0 spiro atoms. The first-order valence-electron chi connectivity index (χ1n) is 9.41. The highest BCUT2D eigenvalue weighted by Crippen LogP contribution is 2.21. The molecule has 4 heteroatoms. The molecule has 0 radical (unpaired) electrons. The number of aromatic nitrogens is 1. The molecule has 2 N–H and O–H groups in total. The summed E-state index contributed by atoms with van der Waals surface area (Å²) < 4.78 is 7.34. The predicted octanol–water partition coefficient (Wildman–Crippen LogP) is 3.86. The zero-order chi connectivity index (χ0) is 18.9. The van der Waals surface area contributed by atoms with E-state index in [1.807, 2.05) is 30.3 Å². The van der Waals surface area contributed by atoms with Crippen molar-refractivity contribution >= 4 is 16.6 Å². The van der Waals surface area contributed by atoms with Gasteiger partial charge in [0.15, 0.2) is 0 Å². The Bertz CT molecular complexity index is 919. The van der Waals surface area contributed by atoms with Crippen molar-refractivity contribution < 1.29 is 4.74 Å². The maximum absolute atomic E-state index is 5.07. The molecule has 0 amide bonds. The minimum Gasteiger partial charge on any atom is -0.383 e. The molecule has 1 heterocycles. The van der Waals surface area contributed by atoms with Gasteiger partial charge in [0.1, 0.15) is 0 Å². The Labute approximate surface area is 161 Å². The second-order valence-corrected chi connectivity index (χ2v) is 6.36. The third-order valence-corrected chi connectivity index (χ3v) is 4.47. The maximum atomic E-state index is 5.07. The molecular formula is C23H27N3O. The van der Waals surface area contributed by atoms with E-state index in [9.17, 15) is 0 Å². The number of fused-ring (bicyclic) bond motifs is 1. The van der Waals surface area contributed by atoms with Crippen LogP contribution in [0, 0.1) is 11.8 Å². The molecule has 4 nitrogen and oxygen atoms in total. The number of methoxy groups -OCH3 is 1. The van der Waals surface area contributed by atoms with Crippen LogP contribution in [0.2, 0.25) is 0 Å². The average molecular weight is 361 g/mol. The topological polar surface area (TPSA) is 38.2 Å². The van der Waals surface area contributed by atoms with Gasteiger partial charge in [-0.3, -0.25) is 0 Å². The van der Waals surface area contributed by atoms with Crippen LogP contribution in [0.4, 0.5) is 5.69 Å². The normalized spacial score (nSPS) is 10.6. The van der Waals surface area contributed by atoms with Crippen LogP contribution in [0.1, 0.15) is 18.2 Å². The number of anilines is 1. The van der Waals surface area contributed by atoms with E-state index in [-0.39, 0.29) is 0 Å². The van der Waals surface area contributed by atoms with Gasteiger partial charge in [-0.25, -0.2) is 0 Å². The van der Waals surface area contributed by atoms with Crippen molar-refractivity contribution in [2.45, 2.75) is 20.0 Å². The van der Waals surface area contributed by atoms with E-state index in [0.717, 1.165) is 37.6 Å². The van der Waals surface area contributed by atoms with Crippen LogP contribution in [0.5, 0.6) is 0 Å². The summed E-state index contributed by atoms with van der Waals surface area (Å²) in [4.78, 5) is 0. The lowest BCUT2D eigenvalue weighted by Gasteiger charge is -2.06. The summed E-state index contributed by atoms with van der Waals surface area (Å²) in [5.41, 5.74) is 4.66. The summed E-state index contributed by atoms with van der Waals surface area (Å²) >= 11 is 0. The predicted molar refractivity (Wildman–Crippen MR) is 113 cm³/mol. The Morgan fingerprint density at radius 1 is 1.07 bits per heavy atom. The van der Waals surface area contributed by atoms with E-state index < -0.39 is 0 Å². The number of ether oxygens (including phenoxy) is 1. The van der Waals surface area contributed by atoms with Gasteiger partial charge in [-0.1, -0.05) is 30.2 Å². The van der Waals surface area contributed by atoms with Crippen molar-refractivity contribution in [1.29, 1.82) is 0 Å². The molecule has 0 saturated carbocycles. The Morgan fingerprint density at radius 2 is 1.93 bits per heavy atom. The molecule has 3 aromatic rings. The van der Waals surface area contributed by atoms with Crippen molar-refractivity contribution in [2.24, 2.45) is 0 Å². The Morgan fingerprint density at radius 3 is 2.70 bits per heavy atom. The summed E-state index contributed by atoms with van der Waals surface area (Å²) in [6, 6.07) is 19.0. The Kier molecular flexibility index (Phi) is 6.92. The third kappa shape index (κ3) is 5.13. The van der Waals surface area contributed by atoms with Crippen LogP contribution in [0.25, 0.3) is 10.9 Å². The van der Waals surface area contributed by atoms with Gasteiger partial charge in [0.2, 0.25) is 0 Å². The Balaban J connectivity index is 1.70. The third-order valence-electron chi connectivity index (χ3n) is 4.47. The van der Waals surface area contributed by atoms with Crippen molar-refractivity contribution in [2.75, 3.05) is 32.1 Å². The number of aryl methyl sites for hydroxylation is 1. The van der Waals surface area contributed by atoms with Crippen molar-refractivity contribution in [1.82, 2.24) is 9.88 Å². The second kappa shape index (κ2) is 9.82. The lowest BCUT2D eigenvalue weighted by atomic mass is 10.1. The average Bonchev–Trinajstić information content (AvgIpc) is 3.06. The highest BCUT2D eigenvalue weighted by Gasteiger charge is 2.06. The molecule has 140 valence electrons. The van der Waals surface area contributed by atoms with Crippen LogP contribution in [0.15, 0.2) is 54.6 Å². The van der Waals surface area contributed by atoms with E-state index in [1.165, 1.54) is 16.5 Å². The minimum atomic E-state index is 0.629. The van der Waals surface area contributed by atoms with Crippen LogP contribution < -0.4 is 10.6 Å².